The molecule has 5 heteroatoms. The SMILES string of the molecule is CCc1ccccc1NC(=O)NCCCn1ccnc1. The number of aryl methyl sites for hydroxylation is 2. The van der Waals surface area contributed by atoms with E-state index in [0.717, 1.165) is 30.6 Å². The summed E-state index contributed by atoms with van der Waals surface area (Å²) in [4.78, 5) is 15.8. The van der Waals surface area contributed by atoms with Crippen LogP contribution in [0.1, 0.15) is 18.9 Å². The van der Waals surface area contributed by atoms with Crippen LogP contribution in [0, 0.1) is 0 Å². The van der Waals surface area contributed by atoms with Crippen LogP contribution in [0.5, 0.6) is 0 Å². The molecule has 1 aromatic heterocycles. The molecule has 1 heterocycles. The van der Waals surface area contributed by atoms with Gasteiger partial charge < -0.3 is 15.2 Å². The van der Waals surface area contributed by atoms with E-state index in [4.69, 9.17) is 0 Å². The molecule has 0 saturated carbocycles. The van der Waals surface area contributed by atoms with E-state index in [9.17, 15) is 4.79 Å². The fourth-order valence-corrected chi connectivity index (χ4v) is 2.00. The number of urea groups is 1. The Morgan fingerprint density at radius 3 is 2.95 bits per heavy atom. The number of aromatic nitrogens is 2. The van der Waals surface area contributed by atoms with Crippen LogP contribution in [-0.2, 0) is 13.0 Å². The van der Waals surface area contributed by atoms with E-state index in [2.05, 4.69) is 22.5 Å². The zero-order chi connectivity index (χ0) is 14.2. The number of hydrogen-bond donors (Lipinski definition) is 2. The Morgan fingerprint density at radius 1 is 1.35 bits per heavy atom. The van der Waals surface area contributed by atoms with Crippen molar-refractivity contribution < 1.29 is 4.79 Å². The molecule has 0 saturated heterocycles. The molecular weight excluding hydrogens is 252 g/mol. The van der Waals surface area contributed by atoms with E-state index in [-0.39, 0.29) is 6.03 Å². The standard InChI is InChI=1S/C15H20N4O/c1-2-13-6-3-4-7-14(13)18-15(20)17-8-5-10-19-11-9-16-12-19/h3-4,6-7,9,11-12H,2,5,8,10H2,1H3,(H2,17,18,20). The third-order valence-electron chi connectivity index (χ3n) is 3.08. The molecule has 2 amide bonds. The van der Waals surface area contributed by atoms with E-state index in [1.165, 1.54) is 0 Å². The first kappa shape index (κ1) is 14.1. The third-order valence-corrected chi connectivity index (χ3v) is 3.08. The lowest BCUT2D eigenvalue weighted by Crippen LogP contribution is -2.30. The minimum Gasteiger partial charge on any atom is -0.338 e. The highest BCUT2D eigenvalue weighted by Gasteiger charge is 2.04. The van der Waals surface area contributed by atoms with Gasteiger partial charge in [0.15, 0.2) is 0 Å². The predicted molar refractivity (Wildman–Crippen MR) is 79.7 cm³/mol. The third kappa shape index (κ3) is 4.12. The fraction of sp³-hybridized carbons (Fsp3) is 0.333. The molecule has 1 aromatic carbocycles. The molecule has 106 valence electrons. The summed E-state index contributed by atoms with van der Waals surface area (Å²) >= 11 is 0. The van der Waals surface area contributed by atoms with E-state index < -0.39 is 0 Å². The zero-order valence-electron chi connectivity index (χ0n) is 11.7. The number of nitrogens with one attached hydrogen (secondary N) is 2. The predicted octanol–water partition coefficient (Wildman–Crippen LogP) is 2.66. The number of amides is 2. The maximum atomic E-state index is 11.8. The van der Waals surface area contributed by atoms with Gasteiger partial charge in [0.1, 0.15) is 0 Å². The van der Waals surface area contributed by atoms with Gasteiger partial charge in [-0.1, -0.05) is 25.1 Å². The molecule has 5 nitrogen and oxygen atoms in total. The molecule has 0 bridgehead atoms. The van der Waals surface area contributed by atoms with Crippen molar-refractivity contribution >= 4 is 11.7 Å². The summed E-state index contributed by atoms with van der Waals surface area (Å²) in [6.07, 6.45) is 7.22. The largest absolute Gasteiger partial charge is 0.338 e. The summed E-state index contributed by atoms with van der Waals surface area (Å²) in [5, 5.41) is 5.75. The minimum absolute atomic E-state index is 0.156. The number of carbonyl (C=O) groups is 1. The lowest BCUT2D eigenvalue weighted by molar-refractivity contribution is 0.252. The summed E-state index contributed by atoms with van der Waals surface area (Å²) in [6, 6.07) is 7.69. The second-order valence-corrected chi connectivity index (χ2v) is 4.55. The summed E-state index contributed by atoms with van der Waals surface area (Å²) in [6.45, 7) is 3.56. The molecule has 0 unspecified atom stereocenters. The Hall–Kier alpha value is -2.30. The molecule has 0 aliphatic heterocycles. The highest BCUT2D eigenvalue weighted by molar-refractivity contribution is 5.90. The smallest absolute Gasteiger partial charge is 0.319 e. The van der Waals surface area contributed by atoms with Crippen molar-refractivity contribution in [2.24, 2.45) is 0 Å². The Kier molecular flexibility index (Phi) is 5.17. The van der Waals surface area contributed by atoms with Gasteiger partial charge in [0.2, 0.25) is 0 Å². The molecule has 2 rings (SSSR count). The van der Waals surface area contributed by atoms with Crippen molar-refractivity contribution in [2.45, 2.75) is 26.3 Å². The van der Waals surface area contributed by atoms with Gasteiger partial charge in [-0.2, -0.15) is 0 Å². The van der Waals surface area contributed by atoms with Gasteiger partial charge in [0.25, 0.3) is 0 Å². The van der Waals surface area contributed by atoms with Crippen LogP contribution in [0.4, 0.5) is 10.5 Å². The molecule has 2 aromatic rings. The first-order valence-electron chi connectivity index (χ1n) is 6.88. The summed E-state index contributed by atoms with van der Waals surface area (Å²) in [5.41, 5.74) is 2.02. The maximum Gasteiger partial charge on any atom is 0.319 e. The van der Waals surface area contributed by atoms with Crippen molar-refractivity contribution in [2.75, 3.05) is 11.9 Å². The van der Waals surface area contributed by atoms with Crippen LogP contribution in [0.2, 0.25) is 0 Å². The molecule has 0 aliphatic carbocycles. The first-order chi connectivity index (χ1) is 9.79. The van der Waals surface area contributed by atoms with Crippen molar-refractivity contribution in [1.29, 1.82) is 0 Å². The Bertz CT molecular complexity index is 537. The highest BCUT2D eigenvalue weighted by Crippen LogP contribution is 2.14. The molecular formula is C15H20N4O. The van der Waals surface area contributed by atoms with Crippen molar-refractivity contribution in [3.63, 3.8) is 0 Å². The lowest BCUT2D eigenvalue weighted by atomic mass is 10.1. The normalized spacial score (nSPS) is 10.2. The van der Waals surface area contributed by atoms with E-state index in [1.807, 2.05) is 35.0 Å². The van der Waals surface area contributed by atoms with E-state index in [0.29, 0.717) is 6.54 Å². The first-order valence-corrected chi connectivity index (χ1v) is 6.88. The molecule has 2 N–H and O–H groups in total. The van der Waals surface area contributed by atoms with E-state index >= 15 is 0 Å². The van der Waals surface area contributed by atoms with Crippen LogP contribution in [-0.4, -0.2) is 22.1 Å². The van der Waals surface area contributed by atoms with Crippen LogP contribution >= 0.6 is 0 Å². The Balaban J connectivity index is 1.72. The fourth-order valence-electron chi connectivity index (χ4n) is 2.00. The molecule has 0 fully saturated rings. The summed E-state index contributed by atoms with van der Waals surface area (Å²) in [7, 11) is 0. The number of nitrogens with zero attached hydrogens (tertiary/aromatic N) is 2. The minimum atomic E-state index is -0.156. The zero-order valence-corrected chi connectivity index (χ0v) is 11.7. The molecule has 0 spiro atoms. The van der Waals surface area contributed by atoms with Crippen molar-refractivity contribution in [3.8, 4) is 0 Å². The van der Waals surface area contributed by atoms with Gasteiger partial charge in [-0.15, -0.1) is 0 Å². The van der Waals surface area contributed by atoms with Gasteiger partial charge in [-0.05, 0) is 24.5 Å². The number of rotatable bonds is 6. The summed E-state index contributed by atoms with van der Waals surface area (Å²) in [5.74, 6) is 0. The van der Waals surface area contributed by atoms with Gasteiger partial charge in [-0.3, -0.25) is 0 Å². The van der Waals surface area contributed by atoms with E-state index in [1.54, 1.807) is 12.5 Å². The number of carbonyl (C=O) groups excluding carboxylic acids is 1. The van der Waals surface area contributed by atoms with Crippen LogP contribution in [0.25, 0.3) is 0 Å². The van der Waals surface area contributed by atoms with Crippen molar-refractivity contribution in [1.82, 2.24) is 14.9 Å². The quantitative estimate of drug-likeness (QED) is 0.794. The Morgan fingerprint density at radius 2 is 2.20 bits per heavy atom. The lowest BCUT2D eigenvalue weighted by Gasteiger charge is -2.11. The monoisotopic (exact) mass is 272 g/mol. The molecule has 0 aliphatic rings. The van der Waals surface area contributed by atoms with Crippen LogP contribution in [0.15, 0.2) is 43.0 Å². The molecule has 0 radical (unpaired) electrons. The molecule has 0 atom stereocenters. The number of para-hydroxylation sites is 1. The second kappa shape index (κ2) is 7.33. The van der Waals surface area contributed by atoms with Gasteiger partial charge in [-0.25, -0.2) is 9.78 Å². The van der Waals surface area contributed by atoms with Crippen molar-refractivity contribution in [3.05, 3.63) is 48.5 Å². The maximum absolute atomic E-state index is 11.8. The number of benzene rings is 1. The Labute approximate surface area is 119 Å². The van der Waals surface area contributed by atoms with Gasteiger partial charge >= 0.3 is 6.03 Å². The number of anilines is 1. The van der Waals surface area contributed by atoms with Crippen LogP contribution in [0.3, 0.4) is 0 Å². The average molecular weight is 272 g/mol. The topological polar surface area (TPSA) is 59.0 Å². The van der Waals surface area contributed by atoms with Gasteiger partial charge in [0, 0.05) is 31.2 Å². The molecule has 20 heavy (non-hydrogen) atoms. The number of hydrogen-bond acceptors (Lipinski definition) is 2. The summed E-state index contributed by atoms with van der Waals surface area (Å²) < 4.78 is 1.99. The highest BCUT2D eigenvalue weighted by atomic mass is 16.2. The van der Waals surface area contributed by atoms with Gasteiger partial charge in [0.05, 0.1) is 6.33 Å². The second-order valence-electron chi connectivity index (χ2n) is 4.55. The number of imidazole rings is 1. The average Bonchev–Trinajstić information content (AvgIpc) is 2.97. The van der Waals surface area contributed by atoms with Crippen LogP contribution < -0.4 is 10.6 Å².